The molecule has 2 rings (SSSR count). The van der Waals surface area contributed by atoms with Gasteiger partial charge >= 0.3 is 0 Å². The quantitative estimate of drug-likeness (QED) is 0.657. The van der Waals surface area contributed by atoms with Gasteiger partial charge in [0.05, 0.1) is 7.11 Å². The van der Waals surface area contributed by atoms with Gasteiger partial charge in [-0.1, -0.05) is 18.2 Å². The SMILES string of the molecule is COc1ccccc1C[C@H](NC(=O)[C@H]1CCC(=O)N1)C(N)=O. The average molecular weight is 305 g/mol. The van der Waals surface area contributed by atoms with Gasteiger partial charge in [-0.05, 0) is 18.1 Å². The zero-order valence-electron chi connectivity index (χ0n) is 12.3. The molecule has 0 unspecified atom stereocenters. The molecule has 0 spiro atoms. The van der Waals surface area contributed by atoms with Gasteiger partial charge < -0.3 is 21.1 Å². The Bertz CT molecular complexity index is 588. The lowest BCUT2D eigenvalue weighted by Gasteiger charge is -2.19. The molecule has 4 N–H and O–H groups in total. The van der Waals surface area contributed by atoms with E-state index in [2.05, 4.69) is 10.6 Å². The van der Waals surface area contributed by atoms with Gasteiger partial charge in [0.1, 0.15) is 17.8 Å². The molecule has 1 aromatic rings. The lowest BCUT2D eigenvalue weighted by molar-refractivity contribution is -0.129. The summed E-state index contributed by atoms with van der Waals surface area (Å²) in [5.74, 6) is -0.578. The van der Waals surface area contributed by atoms with Crippen LogP contribution in [0, 0.1) is 0 Å². The molecular weight excluding hydrogens is 286 g/mol. The van der Waals surface area contributed by atoms with Crippen LogP contribution in [0.4, 0.5) is 0 Å². The highest BCUT2D eigenvalue weighted by molar-refractivity contribution is 5.93. The summed E-state index contributed by atoms with van der Waals surface area (Å²) < 4.78 is 5.22. The van der Waals surface area contributed by atoms with Crippen molar-refractivity contribution in [3.05, 3.63) is 29.8 Å². The molecule has 0 saturated carbocycles. The van der Waals surface area contributed by atoms with E-state index in [-0.39, 0.29) is 12.3 Å². The number of nitrogens with one attached hydrogen (secondary N) is 2. The first-order valence-electron chi connectivity index (χ1n) is 7.02. The summed E-state index contributed by atoms with van der Waals surface area (Å²) in [5, 5.41) is 5.15. The zero-order chi connectivity index (χ0) is 16.1. The molecule has 0 bridgehead atoms. The smallest absolute Gasteiger partial charge is 0.243 e. The predicted molar refractivity (Wildman–Crippen MR) is 79.0 cm³/mol. The van der Waals surface area contributed by atoms with E-state index in [9.17, 15) is 14.4 Å². The van der Waals surface area contributed by atoms with Crippen molar-refractivity contribution in [3.8, 4) is 5.75 Å². The number of hydrogen-bond acceptors (Lipinski definition) is 4. The third-order valence-corrected chi connectivity index (χ3v) is 3.59. The molecule has 3 amide bonds. The first-order valence-corrected chi connectivity index (χ1v) is 7.02. The van der Waals surface area contributed by atoms with Crippen LogP contribution in [0.1, 0.15) is 18.4 Å². The molecule has 1 aliphatic heterocycles. The second-order valence-electron chi connectivity index (χ2n) is 5.14. The number of benzene rings is 1. The zero-order valence-corrected chi connectivity index (χ0v) is 12.3. The first-order chi connectivity index (χ1) is 10.5. The summed E-state index contributed by atoms with van der Waals surface area (Å²) >= 11 is 0. The molecule has 118 valence electrons. The fourth-order valence-electron chi connectivity index (χ4n) is 2.40. The van der Waals surface area contributed by atoms with Gasteiger partial charge in [-0.25, -0.2) is 0 Å². The number of rotatable bonds is 6. The molecule has 1 fully saturated rings. The van der Waals surface area contributed by atoms with E-state index in [1.807, 2.05) is 12.1 Å². The standard InChI is InChI=1S/C15H19N3O4/c1-22-12-5-3-2-4-9(12)8-11(14(16)20)18-15(21)10-6-7-13(19)17-10/h2-5,10-11H,6-8H2,1H3,(H2,16,20)(H,17,19)(H,18,21)/t10-,11+/m1/s1. The van der Waals surface area contributed by atoms with Gasteiger partial charge in [-0.3, -0.25) is 14.4 Å². The van der Waals surface area contributed by atoms with Gasteiger partial charge in [0.15, 0.2) is 0 Å². The summed E-state index contributed by atoms with van der Waals surface area (Å²) in [6.45, 7) is 0. The molecule has 0 aliphatic carbocycles. The second kappa shape index (κ2) is 6.93. The van der Waals surface area contributed by atoms with Gasteiger partial charge in [0.25, 0.3) is 0 Å². The van der Waals surface area contributed by atoms with Crippen molar-refractivity contribution >= 4 is 17.7 Å². The molecule has 0 radical (unpaired) electrons. The summed E-state index contributed by atoms with van der Waals surface area (Å²) in [6, 6.07) is 5.74. The van der Waals surface area contributed by atoms with Crippen molar-refractivity contribution in [2.24, 2.45) is 5.73 Å². The van der Waals surface area contributed by atoms with Crippen molar-refractivity contribution in [2.75, 3.05) is 7.11 Å². The van der Waals surface area contributed by atoms with E-state index in [0.717, 1.165) is 5.56 Å². The van der Waals surface area contributed by atoms with Crippen molar-refractivity contribution in [1.29, 1.82) is 0 Å². The number of hydrogen-bond donors (Lipinski definition) is 3. The van der Waals surface area contributed by atoms with Crippen molar-refractivity contribution < 1.29 is 19.1 Å². The maximum Gasteiger partial charge on any atom is 0.243 e. The Hall–Kier alpha value is -2.57. The summed E-state index contributed by atoms with van der Waals surface area (Å²) in [6.07, 6.45) is 0.961. The fraction of sp³-hybridized carbons (Fsp3) is 0.400. The van der Waals surface area contributed by atoms with E-state index in [1.165, 1.54) is 7.11 Å². The monoisotopic (exact) mass is 305 g/mol. The average Bonchev–Trinajstić information content (AvgIpc) is 2.93. The number of para-hydroxylation sites is 1. The maximum absolute atomic E-state index is 12.1. The highest BCUT2D eigenvalue weighted by Crippen LogP contribution is 2.19. The van der Waals surface area contributed by atoms with E-state index in [1.54, 1.807) is 12.1 Å². The van der Waals surface area contributed by atoms with Crippen molar-refractivity contribution in [3.63, 3.8) is 0 Å². The Labute approximate surface area is 128 Å². The van der Waals surface area contributed by atoms with Crippen LogP contribution in [0.2, 0.25) is 0 Å². The van der Waals surface area contributed by atoms with Gasteiger partial charge in [0.2, 0.25) is 17.7 Å². The molecule has 1 saturated heterocycles. The third-order valence-electron chi connectivity index (χ3n) is 3.59. The van der Waals surface area contributed by atoms with Crippen LogP contribution in [0.3, 0.4) is 0 Å². The number of amides is 3. The lowest BCUT2D eigenvalue weighted by atomic mass is 10.0. The van der Waals surface area contributed by atoms with Crippen molar-refractivity contribution in [1.82, 2.24) is 10.6 Å². The van der Waals surface area contributed by atoms with Gasteiger partial charge in [-0.15, -0.1) is 0 Å². The Kier molecular flexibility index (Phi) is 4.98. The van der Waals surface area contributed by atoms with Crippen LogP contribution in [0.25, 0.3) is 0 Å². The topological polar surface area (TPSA) is 111 Å². The molecule has 7 heteroatoms. The number of ether oxygens (including phenoxy) is 1. The van der Waals surface area contributed by atoms with Gasteiger partial charge in [-0.2, -0.15) is 0 Å². The third kappa shape index (κ3) is 3.75. The van der Waals surface area contributed by atoms with E-state index >= 15 is 0 Å². The van der Waals surface area contributed by atoms with E-state index < -0.39 is 23.9 Å². The Morgan fingerprint density at radius 1 is 1.45 bits per heavy atom. The number of primary amides is 1. The Morgan fingerprint density at radius 3 is 2.77 bits per heavy atom. The number of carbonyl (C=O) groups excluding carboxylic acids is 3. The molecular formula is C15H19N3O4. The minimum Gasteiger partial charge on any atom is -0.496 e. The number of carbonyl (C=O) groups is 3. The molecule has 0 aromatic heterocycles. The molecule has 2 atom stereocenters. The largest absolute Gasteiger partial charge is 0.496 e. The van der Waals surface area contributed by atoms with Crippen LogP contribution in [-0.2, 0) is 20.8 Å². The van der Waals surface area contributed by atoms with Crippen LogP contribution in [-0.4, -0.2) is 36.9 Å². The summed E-state index contributed by atoms with van der Waals surface area (Å²) in [7, 11) is 1.53. The van der Waals surface area contributed by atoms with Crippen molar-refractivity contribution in [2.45, 2.75) is 31.3 Å². The molecule has 22 heavy (non-hydrogen) atoms. The normalized spacial score (nSPS) is 18.4. The number of methoxy groups -OCH3 is 1. The molecule has 1 heterocycles. The first kappa shape index (κ1) is 15.8. The minimum atomic E-state index is -0.860. The Balaban J connectivity index is 2.05. The molecule has 1 aliphatic rings. The Morgan fingerprint density at radius 2 is 2.18 bits per heavy atom. The summed E-state index contributed by atoms with van der Waals surface area (Å²) in [5.41, 5.74) is 6.14. The van der Waals surface area contributed by atoms with Crippen LogP contribution in [0.15, 0.2) is 24.3 Å². The molecule has 7 nitrogen and oxygen atoms in total. The second-order valence-corrected chi connectivity index (χ2v) is 5.14. The highest BCUT2D eigenvalue weighted by atomic mass is 16.5. The van der Waals surface area contributed by atoms with Crippen LogP contribution >= 0.6 is 0 Å². The van der Waals surface area contributed by atoms with Crippen LogP contribution < -0.4 is 21.1 Å². The summed E-state index contributed by atoms with van der Waals surface area (Å²) in [4.78, 5) is 34.8. The minimum absolute atomic E-state index is 0.166. The van der Waals surface area contributed by atoms with Gasteiger partial charge in [0, 0.05) is 12.8 Å². The van der Waals surface area contributed by atoms with E-state index in [0.29, 0.717) is 18.6 Å². The molecule has 1 aromatic carbocycles. The predicted octanol–water partition coefficient (Wildman–Crippen LogP) is -0.514. The van der Waals surface area contributed by atoms with E-state index in [4.69, 9.17) is 10.5 Å². The number of nitrogens with two attached hydrogens (primary N) is 1. The fourth-order valence-corrected chi connectivity index (χ4v) is 2.40. The highest BCUT2D eigenvalue weighted by Gasteiger charge is 2.30. The van der Waals surface area contributed by atoms with Crippen LogP contribution in [0.5, 0.6) is 5.75 Å². The maximum atomic E-state index is 12.1. The lowest BCUT2D eigenvalue weighted by Crippen LogP contribution is -2.51.